The van der Waals surface area contributed by atoms with E-state index in [-0.39, 0.29) is 97.8 Å². The van der Waals surface area contributed by atoms with Gasteiger partial charge in [0.1, 0.15) is 17.5 Å². The number of hydrogen-bond acceptors (Lipinski definition) is 16. The molecule has 4 heterocycles. The fraction of sp³-hybridized carbons (Fsp3) is 0.319. The molecule has 0 saturated carbocycles. The molecular weight excluding hydrogens is 939 g/mol. The fourth-order valence-corrected chi connectivity index (χ4v) is 9.46. The van der Waals surface area contributed by atoms with Crippen LogP contribution >= 0.6 is 21.6 Å². The predicted molar refractivity (Wildman–Crippen MR) is 266 cm³/mol. The predicted octanol–water partition coefficient (Wildman–Crippen LogP) is 4.01. The second kappa shape index (κ2) is 24.1. The molecule has 0 saturated heterocycles. The van der Waals surface area contributed by atoms with Crippen molar-refractivity contribution in [3.05, 3.63) is 106 Å². The zero-order valence-corrected chi connectivity index (χ0v) is 39.7. The second-order valence-electron chi connectivity index (χ2n) is 16.1. The molecule has 0 unspecified atom stereocenters. The SMILES string of the molecule is Cn1nnc2c1-c1ccccc1CN(C(=O)CCC(=O)NCCSSCCC(=O)NCCCC(=O)CC[C@H](NC(=O)c1ccc(NCc3cnc4nc(N)[nH]c(=O)c4n3)cc1)C(=O)O)c1ccccc1-2. The Morgan fingerprint density at radius 2 is 1.57 bits per heavy atom. The molecule has 0 bridgehead atoms. The summed E-state index contributed by atoms with van der Waals surface area (Å²) in [7, 11) is 4.87. The van der Waals surface area contributed by atoms with Gasteiger partial charge in [-0.1, -0.05) is 69.3 Å². The number of nitrogens with two attached hydrogens (primary N) is 1. The second-order valence-corrected chi connectivity index (χ2v) is 18.8. The first-order chi connectivity index (χ1) is 33.8. The van der Waals surface area contributed by atoms with Crippen LogP contribution in [0.25, 0.3) is 33.7 Å². The van der Waals surface area contributed by atoms with Gasteiger partial charge in [0.25, 0.3) is 11.5 Å². The summed E-state index contributed by atoms with van der Waals surface area (Å²) < 4.78 is 1.75. The average Bonchev–Trinajstić information content (AvgIpc) is 3.73. The number of Topliss-reactive ketones (excluding diaryl/α,β-unsaturated/α-hetero) is 1. The van der Waals surface area contributed by atoms with Crippen molar-refractivity contribution in [2.24, 2.45) is 7.05 Å². The van der Waals surface area contributed by atoms with Gasteiger partial charge in [0.05, 0.1) is 36.4 Å². The van der Waals surface area contributed by atoms with E-state index >= 15 is 0 Å². The summed E-state index contributed by atoms with van der Waals surface area (Å²) in [6.07, 6.45) is 2.13. The Labute approximate surface area is 409 Å². The number of carbonyl (C=O) groups excluding carboxylic acids is 5. The van der Waals surface area contributed by atoms with Gasteiger partial charge in [0, 0.05) is 86.1 Å². The maximum Gasteiger partial charge on any atom is 0.326 e. The molecule has 21 nitrogen and oxygen atoms in total. The van der Waals surface area contributed by atoms with E-state index in [0.717, 1.165) is 22.4 Å². The quantitative estimate of drug-likeness (QED) is 0.0352. The number of aromatic amines is 1. The molecule has 3 aromatic heterocycles. The van der Waals surface area contributed by atoms with Crippen LogP contribution in [0.5, 0.6) is 0 Å². The number of fused-ring (bicyclic) bond motifs is 6. The van der Waals surface area contributed by atoms with Crippen molar-refractivity contribution in [1.29, 1.82) is 0 Å². The lowest BCUT2D eigenvalue weighted by Crippen LogP contribution is -2.41. The zero-order valence-electron chi connectivity index (χ0n) is 38.1. The summed E-state index contributed by atoms with van der Waals surface area (Å²) in [6, 6.07) is 20.4. The number of aliphatic carboxylic acids is 1. The zero-order chi connectivity index (χ0) is 49.6. The number of carbonyl (C=O) groups is 6. The first kappa shape index (κ1) is 50.2. The maximum absolute atomic E-state index is 13.7. The summed E-state index contributed by atoms with van der Waals surface area (Å²) in [5.74, 6) is -1.57. The van der Waals surface area contributed by atoms with Gasteiger partial charge in [-0.25, -0.2) is 19.4 Å². The number of amides is 4. The van der Waals surface area contributed by atoms with Gasteiger partial charge < -0.3 is 37.0 Å². The van der Waals surface area contributed by atoms with Crippen molar-refractivity contribution >= 4 is 85.5 Å². The van der Waals surface area contributed by atoms with Gasteiger partial charge in [0.15, 0.2) is 11.2 Å². The third-order valence-corrected chi connectivity index (χ3v) is 13.5. The number of nitrogens with zero attached hydrogens (tertiary/aromatic N) is 7. The van der Waals surface area contributed by atoms with Crippen LogP contribution in [0.3, 0.4) is 0 Å². The van der Waals surface area contributed by atoms with E-state index in [9.17, 15) is 38.7 Å². The Bertz CT molecular complexity index is 2950. The number of para-hydroxylation sites is 1. The Balaban J connectivity index is 0.723. The Kier molecular flexibility index (Phi) is 17.3. The molecule has 1 aliphatic heterocycles. The van der Waals surface area contributed by atoms with Gasteiger partial charge in [-0.15, -0.1) is 5.10 Å². The normalized spacial score (nSPS) is 12.1. The number of rotatable bonds is 23. The van der Waals surface area contributed by atoms with E-state index in [2.05, 4.69) is 51.5 Å². The van der Waals surface area contributed by atoms with Crippen molar-refractivity contribution in [3.8, 4) is 22.5 Å². The minimum Gasteiger partial charge on any atom is -0.480 e. The summed E-state index contributed by atoms with van der Waals surface area (Å²) in [4.78, 5) is 105. The van der Waals surface area contributed by atoms with E-state index in [4.69, 9.17) is 5.73 Å². The molecule has 8 N–H and O–H groups in total. The minimum absolute atomic E-state index is 0.0266. The molecule has 0 fully saturated rings. The van der Waals surface area contributed by atoms with Crippen molar-refractivity contribution < 1.29 is 33.9 Å². The molecule has 7 rings (SSSR count). The number of hydrogen-bond donors (Lipinski definition) is 7. The summed E-state index contributed by atoms with van der Waals surface area (Å²) in [5.41, 5.74) is 11.5. The molecule has 0 radical (unpaired) electrons. The first-order valence-electron chi connectivity index (χ1n) is 22.4. The molecular formula is C47H51N13O8S2. The van der Waals surface area contributed by atoms with Gasteiger partial charge in [0.2, 0.25) is 23.7 Å². The van der Waals surface area contributed by atoms with Crippen LogP contribution in [0.15, 0.2) is 83.8 Å². The third kappa shape index (κ3) is 13.3. The molecule has 0 aliphatic carbocycles. The number of ketones is 1. The Morgan fingerprint density at radius 1 is 0.843 bits per heavy atom. The van der Waals surface area contributed by atoms with Crippen LogP contribution in [0.1, 0.15) is 66.6 Å². The monoisotopic (exact) mass is 989 g/mol. The number of benzene rings is 3. The number of aromatic nitrogens is 7. The number of aryl methyl sites for hydroxylation is 1. The number of carboxylic acids is 1. The highest BCUT2D eigenvalue weighted by Crippen LogP contribution is 2.40. The molecule has 23 heteroatoms. The van der Waals surface area contributed by atoms with E-state index in [0.29, 0.717) is 53.8 Å². The summed E-state index contributed by atoms with van der Waals surface area (Å²) in [6.45, 7) is 1.23. The van der Waals surface area contributed by atoms with Crippen molar-refractivity contribution in [1.82, 2.24) is 50.9 Å². The maximum atomic E-state index is 13.7. The third-order valence-electron chi connectivity index (χ3n) is 11.1. The lowest BCUT2D eigenvalue weighted by Gasteiger charge is -2.28. The number of H-pyrrole nitrogens is 1. The summed E-state index contributed by atoms with van der Waals surface area (Å²) >= 11 is 0. The molecule has 1 atom stereocenters. The average molecular weight is 990 g/mol. The highest BCUT2D eigenvalue weighted by Gasteiger charge is 2.29. The number of carboxylic acid groups (broad SMARTS) is 1. The van der Waals surface area contributed by atoms with E-state index in [1.807, 2.05) is 55.6 Å². The van der Waals surface area contributed by atoms with Gasteiger partial charge in [-0.3, -0.25) is 33.8 Å². The molecule has 1 aliphatic rings. The number of anilines is 3. The van der Waals surface area contributed by atoms with Crippen LogP contribution in [-0.2, 0) is 44.1 Å². The molecule has 364 valence electrons. The van der Waals surface area contributed by atoms with Gasteiger partial charge >= 0.3 is 5.97 Å². The highest BCUT2D eigenvalue weighted by atomic mass is 33.1. The topological polar surface area (TPSA) is 302 Å². The van der Waals surface area contributed by atoms with Gasteiger partial charge in [-0.2, -0.15) is 4.98 Å². The van der Waals surface area contributed by atoms with E-state index < -0.39 is 23.5 Å². The van der Waals surface area contributed by atoms with Crippen LogP contribution in [-0.4, -0.2) is 106 Å². The number of nitrogen functional groups attached to an aromatic ring is 1. The van der Waals surface area contributed by atoms with Crippen molar-refractivity contribution in [3.63, 3.8) is 0 Å². The largest absolute Gasteiger partial charge is 0.480 e. The van der Waals surface area contributed by atoms with Crippen LogP contribution in [0.2, 0.25) is 0 Å². The first-order valence-corrected chi connectivity index (χ1v) is 24.9. The lowest BCUT2D eigenvalue weighted by atomic mass is 9.95. The molecule has 0 spiro atoms. The molecule has 4 amide bonds. The highest BCUT2D eigenvalue weighted by molar-refractivity contribution is 8.76. The fourth-order valence-electron chi connectivity index (χ4n) is 7.56. The molecule has 3 aromatic carbocycles. The minimum atomic E-state index is -1.29. The van der Waals surface area contributed by atoms with Crippen LogP contribution in [0, 0.1) is 0 Å². The number of nitrogens with one attached hydrogen (secondary N) is 5. The van der Waals surface area contributed by atoms with E-state index in [1.165, 1.54) is 39.9 Å². The van der Waals surface area contributed by atoms with Crippen LogP contribution < -0.4 is 37.5 Å². The van der Waals surface area contributed by atoms with Gasteiger partial charge in [-0.05, 0) is 48.7 Å². The summed E-state index contributed by atoms with van der Waals surface area (Å²) in [5, 5.41) is 29.7. The molecule has 70 heavy (non-hydrogen) atoms. The standard InChI is InChI=1S/C47H51N13O8S2/c1-59-42-33-9-3-2-7-29(33)27-60(36-11-5-4-10-34(36)40(42)57-58-59)39(64)19-18-37(62)50-22-24-70-69-23-20-38(63)49-21-6-8-32(61)16-17-35(46(67)68)54-44(65)28-12-14-30(15-13-28)51-25-31-26-52-43-41(53-31)45(66)56-47(48)55-43/h2-5,7,9-15,26,35,51H,6,8,16-25,27H2,1H3,(H,49,63)(H,50,62)(H,54,65)(H,67,68)(H3,48,52,55,56,66)/t35-/m0/s1. The lowest BCUT2D eigenvalue weighted by molar-refractivity contribution is -0.139. The molecule has 6 aromatic rings. The van der Waals surface area contributed by atoms with Crippen molar-refractivity contribution in [2.45, 2.75) is 64.1 Å². The van der Waals surface area contributed by atoms with E-state index in [1.54, 1.807) is 21.7 Å². The van der Waals surface area contributed by atoms with Crippen molar-refractivity contribution in [2.75, 3.05) is 40.5 Å². The Morgan fingerprint density at radius 3 is 2.37 bits per heavy atom. The van der Waals surface area contributed by atoms with Crippen LogP contribution in [0.4, 0.5) is 17.3 Å². The smallest absolute Gasteiger partial charge is 0.326 e. The Hall–Kier alpha value is -7.66.